The third-order valence-corrected chi connectivity index (χ3v) is 5.36. The lowest BCUT2D eigenvalue weighted by molar-refractivity contribution is 0.0953. The average Bonchev–Trinajstić information content (AvgIpc) is 3.17. The first-order valence-corrected chi connectivity index (χ1v) is 9.68. The molecule has 136 valence electrons. The Balaban J connectivity index is 1.49. The third kappa shape index (κ3) is 4.58. The zero-order valence-electron chi connectivity index (χ0n) is 15.5. The normalized spacial score (nSPS) is 10.9. The Bertz CT molecular complexity index is 880. The first-order valence-electron chi connectivity index (χ1n) is 8.80. The summed E-state index contributed by atoms with van der Waals surface area (Å²) in [6, 6.07) is 9.81. The lowest BCUT2D eigenvalue weighted by atomic mass is 10.1. The highest BCUT2D eigenvalue weighted by Gasteiger charge is 2.07. The molecule has 0 saturated carbocycles. The van der Waals surface area contributed by atoms with Gasteiger partial charge in [0.1, 0.15) is 0 Å². The van der Waals surface area contributed by atoms with E-state index in [9.17, 15) is 4.79 Å². The van der Waals surface area contributed by atoms with Gasteiger partial charge < -0.3 is 5.32 Å². The minimum absolute atomic E-state index is 0.0244. The summed E-state index contributed by atoms with van der Waals surface area (Å²) in [5.74, 6) is -0.0244. The van der Waals surface area contributed by atoms with Gasteiger partial charge in [-0.3, -0.25) is 9.48 Å². The van der Waals surface area contributed by atoms with E-state index in [1.165, 1.54) is 4.88 Å². The smallest absolute Gasteiger partial charge is 0.251 e. The molecule has 5 nitrogen and oxygen atoms in total. The standard InChI is InChI=1S/C20H24N4OS/c1-14-11-15(2)24(23-14)12-17-6-8-18(9-7-17)20(25)21-10-4-5-19-16(3)22-13-26-19/h6-9,11,13H,4-5,10,12H2,1-3H3,(H,21,25). The molecule has 0 saturated heterocycles. The number of nitrogens with zero attached hydrogens (tertiary/aromatic N) is 3. The van der Waals surface area contributed by atoms with Crippen LogP contribution in [-0.4, -0.2) is 27.2 Å². The summed E-state index contributed by atoms with van der Waals surface area (Å²) in [6.45, 7) is 7.46. The number of rotatable bonds is 7. The van der Waals surface area contributed by atoms with Gasteiger partial charge in [-0.2, -0.15) is 5.10 Å². The van der Waals surface area contributed by atoms with E-state index in [4.69, 9.17) is 0 Å². The van der Waals surface area contributed by atoms with E-state index in [1.807, 2.05) is 48.3 Å². The summed E-state index contributed by atoms with van der Waals surface area (Å²) < 4.78 is 1.98. The number of carbonyl (C=O) groups is 1. The molecule has 2 aromatic heterocycles. The van der Waals surface area contributed by atoms with Gasteiger partial charge >= 0.3 is 0 Å². The highest BCUT2D eigenvalue weighted by atomic mass is 32.1. The molecular weight excluding hydrogens is 344 g/mol. The molecule has 0 aliphatic carbocycles. The molecule has 1 N–H and O–H groups in total. The van der Waals surface area contributed by atoms with Crippen LogP contribution in [0.5, 0.6) is 0 Å². The van der Waals surface area contributed by atoms with Crippen LogP contribution in [0.2, 0.25) is 0 Å². The lowest BCUT2D eigenvalue weighted by Gasteiger charge is -2.07. The fraction of sp³-hybridized carbons (Fsp3) is 0.350. The number of amides is 1. The Kier molecular flexibility index (Phi) is 5.83. The largest absolute Gasteiger partial charge is 0.352 e. The maximum absolute atomic E-state index is 12.3. The minimum atomic E-state index is -0.0244. The minimum Gasteiger partial charge on any atom is -0.352 e. The van der Waals surface area contributed by atoms with E-state index in [-0.39, 0.29) is 5.91 Å². The van der Waals surface area contributed by atoms with Crippen molar-refractivity contribution < 1.29 is 4.79 Å². The van der Waals surface area contributed by atoms with E-state index in [0.717, 1.165) is 42.0 Å². The van der Waals surface area contributed by atoms with Gasteiger partial charge in [0.15, 0.2) is 0 Å². The van der Waals surface area contributed by atoms with Gasteiger partial charge in [0.25, 0.3) is 5.91 Å². The maximum Gasteiger partial charge on any atom is 0.251 e. The molecule has 0 aliphatic heterocycles. The second-order valence-corrected chi connectivity index (χ2v) is 7.44. The molecule has 0 fully saturated rings. The number of hydrogen-bond acceptors (Lipinski definition) is 4. The monoisotopic (exact) mass is 368 g/mol. The zero-order valence-corrected chi connectivity index (χ0v) is 16.3. The number of aromatic nitrogens is 3. The van der Waals surface area contributed by atoms with Crippen molar-refractivity contribution in [2.75, 3.05) is 6.54 Å². The number of benzene rings is 1. The Morgan fingerprint density at radius 1 is 1.19 bits per heavy atom. The van der Waals surface area contributed by atoms with Crippen molar-refractivity contribution in [1.29, 1.82) is 0 Å². The van der Waals surface area contributed by atoms with Gasteiger partial charge in [0.05, 0.1) is 23.4 Å². The molecular formula is C20H24N4OS. The topological polar surface area (TPSA) is 59.8 Å². The maximum atomic E-state index is 12.3. The van der Waals surface area contributed by atoms with Crippen molar-refractivity contribution in [3.05, 3.63) is 68.9 Å². The molecule has 26 heavy (non-hydrogen) atoms. The van der Waals surface area contributed by atoms with Gasteiger partial charge in [-0.05, 0) is 57.4 Å². The van der Waals surface area contributed by atoms with E-state index < -0.39 is 0 Å². The third-order valence-electron chi connectivity index (χ3n) is 4.36. The van der Waals surface area contributed by atoms with Gasteiger partial charge in [0, 0.05) is 22.7 Å². The second kappa shape index (κ2) is 8.27. The van der Waals surface area contributed by atoms with E-state index in [2.05, 4.69) is 28.4 Å². The van der Waals surface area contributed by atoms with Crippen LogP contribution in [0.15, 0.2) is 35.8 Å². The number of thiazole rings is 1. The fourth-order valence-corrected chi connectivity index (χ4v) is 3.71. The van der Waals surface area contributed by atoms with Crippen molar-refractivity contribution in [3.8, 4) is 0 Å². The SMILES string of the molecule is Cc1cc(C)n(Cc2ccc(C(=O)NCCCc3scnc3C)cc2)n1. The molecule has 0 bridgehead atoms. The summed E-state index contributed by atoms with van der Waals surface area (Å²) in [4.78, 5) is 17.8. The van der Waals surface area contributed by atoms with E-state index in [0.29, 0.717) is 12.1 Å². The molecule has 0 radical (unpaired) electrons. The molecule has 0 atom stereocenters. The molecule has 1 amide bonds. The number of hydrogen-bond donors (Lipinski definition) is 1. The molecule has 3 aromatic rings. The van der Waals surface area contributed by atoms with Crippen molar-refractivity contribution in [1.82, 2.24) is 20.1 Å². The Morgan fingerprint density at radius 3 is 2.58 bits per heavy atom. The summed E-state index contributed by atoms with van der Waals surface area (Å²) in [7, 11) is 0. The summed E-state index contributed by atoms with van der Waals surface area (Å²) >= 11 is 1.68. The van der Waals surface area contributed by atoms with Crippen LogP contribution in [0.1, 0.15) is 44.3 Å². The summed E-state index contributed by atoms with van der Waals surface area (Å²) in [5, 5.41) is 7.46. The van der Waals surface area contributed by atoms with E-state index >= 15 is 0 Å². The van der Waals surface area contributed by atoms with Gasteiger partial charge in [-0.1, -0.05) is 12.1 Å². The van der Waals surface area contributed by atoms with Crippen LogP contribution < -0.4 is 5.32 Å². The molecule has 6 heteroatoms. The van der Waals surface area contributed by atoms with E-state index in [1.54, 1.807) is 11.3 Å². The van der Waals surface area contributed by atoms with Crippen LogP contribution in [0.4, 0.5) is 0 Å². The quantitative estimate of drug-likeness (QED) is 0.647. The van der Waals surface area contributed by atoms with Crippen LogP contribution in [0.3, 0.4) is 0 Å². The van der Waals surface area contributed by atoms with Crippen molar-refractivity contribution >= 4 is 17.2 Å². The average molecular weight is 369 g/mol. The Morgan fingerprint density at radius 2 is 1.96 bits per heavy atom. The van der Waals surface area contributed by atoms with Gasteiger partial charge in [0.2, 0.25) is 0 Å². The van der Waals surface area contributed by atoms with Gasteiger partial charge in [-0.15, -0.1) is 11.3 Å². The molecule has 2 heterocycles. The van der Waals surface area contributed by atoms with Gasteiger partial charge in [-0.25, -0.2) is 4.98 Å². The summed E-state index contributed by atoms with van der Waals surface area (Å²) in [5.41, 5.74) is 6.95. The highest BCUT2D eigenvalue weighted by molar-refractivity contribution is 7.09. The molecule has 3 rings (SSSR count). The van der Waals surface area contributed by atoms with Crippen LogP contribution >= 0.6 is 11.3 Å². The fourth-order valence-electron chi connectivity index (χ4n) is 2.89. The molecule has 1 aromatic carbocycles. The number of aryl methyl sites for hydroxylation is 4. The molecule has 0 aliphatic rings. The second-order valence-electron chi connectivity index (χ2n) is 6.50. The molecule has 0 unspecified atom stereocenters. The Labute approximate surface area is 158 Å². The predicted molar refractivity (Wildman–Crippen MR) is 105 cm³/mol. The first-order chi connectivity index (χ1) is 12.5. The lowest BCUT2D eigenvalue weighted by Crippen LogP contribution is -2.24. The van der Waals surface area contributed by atoms with Crippen molar-refractivity contribution in [3.63, 3.8) is 0 Å². The Hall–Kier alpha value is -2.47. The summed E-state index contributed by atoms with van der Waals surface area (Å²) in [6.07, 6.45) is 1.88. The highest BCUT2D eigenvalue weighted by Crippen LogP contribution is 2.14. The van der Waals surface area contributed by atoms with Crippen molar-refractivity contribution in [2.24, 2.45) is 0 Å². The number of carbonyl (C=O) groups excluding carboxylic acids is 1. The zero-order chi connectivity index (χ0) is 18.5. The van der Waals surface area contributed by atoms with Crippen LogP contribution in [0.25, 0.3) is 0 Å². The van der Waals surface area contributed by atoms with Crippen molar-refractivity contribution in [2.45, 2.75) is 40.2 Å². The van der Waals surface area contributed by atoms with Crippen LogP contribution in [0, 0.1) is 20.8 Å². The molecule has 0 spiro atoms. The number of nitrogens with one attached hydrogen (secondary N) is 1. The predicted octanol–water partition coefficient (Wildman–Crippen LogP) is 3.68. The first kappa shape index (κ1) is 18.3. The van der Waals surface area contributed by atoms with Crippen LogP contribution in [-0.2, 0) is 13.0 Å².